The van der Waals surface area contributed by atoms with Crippen LogP contribution < -0.4 is 5.32 Å². The SMILES string of the molecule is CN1CCOC(CC(NC(=O)OC(C)(C)C)C(=O)O)C1. The maximum atomic E-state index is 11.6. The summed E-state index contributed by atoms with van der Waals surface area (Å²) < 4.78 is 10.6. The number of ether oxygens (including phenoxy) is 2. The van der Waals surface area contributed by atoms with Crippen molar-refractivity contribution in [2.45, 2.75) is 44.9 Å². The van der Waals surface area contributed by atoms with Crippen LogP contribution in [-0.2, 0) is 14.3 Å². The van der Waals surface area contributed by atoms with Crippen LogP contribution in [-0.4, -0.2) is 66.6 Å². The number of likely N-dealkylation sites (N-methyl/N-ethyl adjacent to an activating group) is 1. The summed E-state index contributed by atoms with van der Waals surface area (Å²) in [6.07, 6.45) is -0.710. The molecule has 0 aromatic heterocycles. The number of morpholine rings is 1. The van der Waals surface area contributed by atoms with Gasteiger partial charge in [0.1, 0.15) is 11.6 Å². The van der Waals surface area contributed by atoms with E-state index < -0.39 is 23.7 Å². The van der Waals surface area contributed by atoms with E-state index in [2.05, 4.69) is 10.2 Å². The van der Waals surface area contributed by atoms with Crippen LogP contribution in [0.25, 0.3) is 0 Å². The first kappa shape index (κ1) is 16.7. The number of nitrogens with one attached hydrogen (secondary N) is 1. The molecule has 1 aliphatic heterocycles. The molecular formula is C13H24N2O5. The van der Waals surface area contributed by atoms with E-state index in [4.69, 9.17) is 9.47 Å². The van der Waals surface area contributed by atoms with Gasteiger partial charge in [0.15, 0.2) is 0 Å². The van der Waals surface area contributed by atoms with E-state index in [0.29, 0.717) is 13.2 Å². The highest BCUT2D eigenvalue weighted by molar-refractivity contribution is 5.80. The Morgan fingerprint density at radius 1 is 1.50 bits per heavy atom. The van der Waals surface area contributed by atoms with Crippen molar-refractivity contribution < 1.29 is 24.2 Å². The Morgan fingerprint density at radius 3 is 2.65 bits per heavy atom. The Balaban J connectivity index is 2.52. The van der Waals surface area contributed by atoms with Gasteiger partial charge in [-0.3, -0.25) is 0 Å². The number of hydrogen-bond donors (Lipinski definition) is 2. The van der Waals surface area contributed by atoms with Gasteiger partial charge in [-0.15, -0.1) is 0 Å². The second-order valence-corrected chi connectivity index (χ2v) is 6.03. The molecule has 0 aromatic rings. The van der Waals surface area contributed by atoms with Gasteiger partial charge in [0.2, 0.25) is 0 Å². The molecule has 116 valence electrons. The summed E-state index contributed by atoms with van der Waals surface area (Å²) in [5.41, 5.74) is -0.658. The van der Waals surface area contributed by atoms with Gasteiger partial charge < -0.3 is 24.8 Å². The summed E-state index contributed by atoms with van der Waals surface area (Å²) in [5, 5.41) is 11.6. The Kier molecular flexibility index (Phi) is 5.76. The van der Waals surface area contributed by atoms with Gasteiger partial charge in [-0.1, -0.05) is 0 Å². The molecule has 7 heteroatoms. The average molecular weight is 288 g/mol. The number of rotatable bonds is 4. The fourth-order valence-electron chi connectivity index (χ4n) is 1.94. The zero-order valence-corrected chi connectivity index (χ0v) is 12.5. The molecule has 1 saturated heterocycles. The molecule has 0 bridgehead atoms. The monoisotopic (exact) mass is 288 g/mol. The standard InChI is InChI=1S/C13H24N2O5/c1-13(2,3)20-12(18)14-10(11(16)17)7-9-8-15(4)5-6-19-9/h9-10H,5-8H2,1-4H3,(H,14,18)(H,16,17). The summed E-state index contributed by atoms with van der Waals surface area (Å²) in [5.74, 6) is -1.09. The quantitative estimate of drug-likeness (QED) is 0.791. The third-order valence-electron chi connectivity index (χ3n) is 2.83. The normalized spacial score (nSPS) is 22.1. The highest BCUT2D eigenvalue weighted by atomic mass is 16.6. The zero-order chi connectivity index (χ0) is 15.3. The first-order chi connectivity index (χ1) is 9.17. The van der Waals surface area contributed by atoms with Crippen molar-refractivity contribution in [3.8, 4) is 0 Å². The van der Waals surface area contributed by atoms with Crippen molar-refractivity contribution in [2.75, 3.05) is 26.7 Å². The molecule has 20 heavy (non-hydrogen) atoms. The van der Waals surface area contributed by atoms with Gasteiger partial charge in [-0.05, 0) is 27.8 Å². The molecule has 2 unspecified atom stereocenters. The molecule has 1 rings (SSSR count). The highest BCUT2D eigenvalue weighted by Crippen LogP contribution is 2.11. The molecule has 2 N–H and O–H groups in total. The first-order valence-corrected chi connectivity index (χ1v) is 6.70. The minimum Gasteiger partial charge on any atom is -0.480 e. The molecule has 1 amide bonds. The summed E-state index contributed by atoms with van der Waals surface area (Å²) in [6.45, 7) is 7.22. The van der Waals surface area contributed by atoms with E-state index >= 15 is 0 Å². The summed E-state index contributed by atoms with van der Waals surface area (Å²) in [4.78, 5) is 24.9. The molecule has 0 saturated carbocycles. The lowest BCUT2D eigenvalue weighted by molar-refractivity contribution is -0.141. The summed E-state index contributed by atoms with van der Waals surface area (Å²) >= 11 is 0. The van der Waals surface area contributed by atoms with Crippen molar-refractivity contribution in [1.82, 2.24) is 10.2 Å². The van der Waals surface area contributed by atoms with Gasteiger partial charge in [-0.2, -0.15) is 0 Å². The van der Waals surface area contributed by atoms with Gasteiger partial charge >= 0.3 is 12.1 Å². The van der Waals surface area contributed by atoms with E-state index in [9.17, 15) is 14.7 Å². The van der Waals surface area contributed by atoms with Crippen molar-refractivity contribution in [2.24, 2.45) is 0 Å². The topological polar surface area (TPSA) is 88.1 Å². The van der Waals surface area contributed by atoms with E-state index in [1.807, 2.05) is 7.05 Å². The summed E-state index contributed by atoms with van der Waals surface area (Å²) in [6, 6.07) is -1.01. The average Bonchev–Trinajstić information content (AvgIpc) is 2.25. The molecule has 1 aliphatic rings. The molecular weight excluding hydrogens is 264 g/mol. The number of amides is 1. The van der Waals surface area contributed by atoms with E-state index in [0.717, 1.165) is 6.54 Å². The molecule has 1 fully saturated rings. The number of carboxylic acids is 1. The molecule has 0 radical (unpaired) electrons. The second-order valence-electron chi connectivity index (χ2n) is 6.03. The number of carboxylic acid groups (broad SMARTS) is 1. The van der Waals surface area contributed by atoms with E-state index in [1.165, 1.54) is 0 Å². The van der Waals surface area contributed by atoms with Crippen molar-refractivity contribution in [3.63, 3.8) is 0 Å². The Hall–Kier alpha value is -1.34. The number of carbonyl (C=O) groups is 2. The van der Waals surface area contributed by atoms with Gasteiger partial charge in [0.05, 0.1) is 12.7 Å². The lowest BCUT2D eigenvalue weighted by Crippen LogP contribution is -2.48. The van der Waals surface area contributed by atoms with Gasteiger partial charge in [0.25, 0.3) is 0 Å². The molecule has 7 nitrogen and oxygen atoms in total. The molecule has 0 aliphatic carbocycles. The summed E-state index contributed by atoms with van der Waals surface area (Å²) in [7, 11) is 1.95. The van der Waals surface area contributed by atoms with Crippen LogP contribution in [0.15, 0.2) is 0 Å². The Labute approximate surface area is 119 Å². The van der Waals surface area contributed by atoms with E-state index in [-0.39, 0.29) is 12.5 Å². The Bertz CT molecular complexity index is 353. The predicted molar refractivity (Wildman–Crippen MR) is 72.6 cm³/mol. The fourth-order valence-corrected chi connectivity index (χ4v) is 1.94. The van der Waals surface area contributed by atoms with Crippen molar-refractivity contribution in [1.29, 1.82) is 0 Å². The van der Waals surface area contributed by atoms with Crippen LogP contribution in [0.4, 0.5) is 4.79 Å². The Morgan fingerprint density at radius 2 is 2.15 bits per heavy atom. The highest BCUT2D eigenvalue weighted by Gasteiger charge is 2.29. The zero-order valence-electron chi connectivity index (χ0n) is 12.5. The minimum absolute atomic E-state index is 0.204. The molecule has 2 atom stereocenters. The molecule has 0 aromatic carbocycles. The van der Waals surface area contributed by atoms with Crippen molar-refractivity contribution in [3.05, 3.63) is 0 Å². The molecule has 0 spiro atoms. The number of alkyl carbamates (subject to hydrolysis) is 1. The number of hydrogen-bond acceptors (Lipinski definition) is 5. The maximum absolute atomic E-state index is 11.6. The number of nitrogens with zero attached hydrogens (tertiary/aromatic N) is 1. The predicted octanol–water partition coefficient (Wildman–Crippen LogP) is 0.685. The maximum Gasteiger partial charge on any atom is 0.408 e. The van der Waals surface area contributed by atoms with Gasteiger partial charge in [0, 0.05) is 19.5 Å². The van der Waals surface area contributed by atoms with Gasteiger partial charge in [-0.25, -0.2) is 9.59 Å². The number of carbonyl (C=O) groups excluding carboxylic acids is 1. The van der Waals surface area contributed by atoms with E-state index in [1.54, 1.807) is 20.8 Å². The van der Waals surface area contributed by atoms with Crippen LogP contribution >= 0.6 is 0 Å². The fraction of sp³-hybridized carbons (Fsp3) is 0.846. The first-order valence-electron chi connectivity index (χ1n) is 6.70. The largest absolute Gasteiger partial charge is 0.480 e. The lowest BCUT2D eigenvalue weighted by Gasteiger charge is -2.31. The van der Waals surface area contributed by atoms with Crippen molar-refractivity contribution >= 4 is 12.1 Å². The minimum atomic E-state index is -1.09. The number of aliphatic carboxylic acids is 1. The van der Waals surface area contributed by atoms with Crippen LogP contribution in [0.2, 0.25) is 0 Å². The second kappa shape index (κ2) is 6.90. The van der Waals surface area contributed by atoms with Crippen LogP contribution in [0.5, 0.6) is 0 Å². The van der Waals surface area contributed by atoms with Crippen LogP contribution in [0.1, 0.15) is 27.2 Å². The molecule has 1 heterocycles. The van der Waals surface area contributed by atoms with Crippen LogP contribution in [0.3, 0.4) is 0 Å². The van der Waals surface area contributed by atoms with Crippen LogP contribution in [0, 0.1) is 0 Å². The smallest absolute Gasteiger partial charge is 0.408 e. The lowest BCUT2D eigenvalue weighted by atomic mass is 10.1. The third-order valence-corrected chi connectivity index (χ3v) is 2.83. The third kappa shape index (κ3) is 6.21.